The lowest BCUT2D eigenvalue weighted by Crippen LogP contribution is -2.61. The van der Waals surface area contributed by atoms with Crippen molar-refractivity contribution in [2.75, 3.05) is 13.2 Å². The molecule has 2 unspecified atom stereocenters. The van der Waals surface area contributed by atoms with Crippen molar-refractivity contribution < 1.29 is 51.8 Å². The Kier molecular flexibility index (Phi) is 37.7. The zero-order valence-corrected chi connectivity index (χ0v) is 40.0. The summed E-state index contributed by atoms with van der Waals surface area (Å²) >= 11 is 0. The molecular weight excluding hydrogens is 811 g/mol. The van der Waals surface area contributed by atoms with E-state index in [1.165, 1.54) is 161 Å². The number of hydrogen-bond donors (Lipinski definition) is 6. The van der Waals surface area contributed by atoms with Gasteiger partial charge in [0.2, 0.25) is 5.91 Å². The van der Waals surface area contributed by atoms with E-state index in [4.69, 9.17) is 9.47 Å². The smallest absolute Gasteiger partial charge is 0.394 e. The first-order valence-electron chi connectivity index (χ1n) is 25.2. The lowest BCUT2D eigenvalue weighted by molar-refractivity contribution is -0.298. The quantitative estimate of drug-likeness (QED) is 0.0194. The Morgan fingerprint density at radius 1 is 0.629 bits per heavy atom. The van der Waals surface area contributed by atoms with Crippen molar-refractivity contribution in [3.63, 3.8) is 0 Å². The number of carbonyl (C=O) groups excluding carboxylic acids is 1. The van der Waals surface area contributed by atoms with Crippen LogP contribution in [-0.2, 0) is 28.9 Å². The molecule has 1 rings (SSSR count). The molecule has 1 aliphatic heterocycles. The van der Waals surface area contributed by atoms with Crippen LogP contribution in [0, 0.1) is 0 Å². The van der Waals surface area contributed by atoms with E-state index in [-0.39, 0.29) is 18.9 Å². The summed E-state index contributed by atoms with van der Waals surface area (Å²) in [6, 6.07) is -0.941. The zero-order valence-electron chi connectivity index (χ0n) is 39.2. The minimum absolute atomic E-state index is 0.262. The van der Waals surface area contributed by atoms with E-state index in [0.29, 0.717) is 6.42 Å². The van der Waals surface area contributed by atoms with E-state index < -0.39 is 59.9 Å². The molecule has 1 heterocycles. The van der Waals surface area contributed by atoms with Crippen LogP contribution >= 0.6 is 0 Å². The van der Waals surface area contributed by atoms with Crippen LogP contribution in [0.3, 0.4) is 0 Å². The van der Waals surface area contributed by atoms with Crippen LogP contribution in [0.5, 0.6) is 0 Å². The van der Waals surface area contributed by atoms with Crippen LogP contribution < -0.4 is 5.32 Å². The van der Waals surface area contributed by atoms with Crippen molar-refractivity contribution in [1.29, 1.82) is 0 Å². The van der Waals surface area contributed by atoms with Crippen molar-refractivity contribution in [2.45, 2.75) is 269 Å². The third-order valence-electron chi connectivity index (χ3n) is 12.0. The Hall–Kier alpha value is -1.42. The lowest BCUT2D eigenvalue weighted by atomic mass is 9.99. The third-order valence-corrected chi connectivity index (χ3v) is 12.4. The number of aliphatic hydroxyl groups excluding tert-OH is 4. The molecular formula is C49H93NO11S. The average Bonchev–Trinajstić information content (AvgIpc) is 3.24. The Balaban J connectivity index is 2.42. The third kappa shape index (κ3) is 32.3. The van der Waals surface area contributed by atoms with E-state index in [2.05, 4.69) is 35.5 Å². The number of unbranched alkanes of at least 4 members (excludes halogenated alkanes) is 29. The number of aliphatic hydroxyl groups is 4. The number of rotatable bonds is 43. The molecule has 0 radical (unpaired) electrons. The molecule has 7 atom stereocenters. The summed E-state index contributed by atoms with van der Waals surface area (Å²) in [6.45, 7) is 3.39. The van der Waals surface area contributed by atoms with Gasteiger partial charge >= 0.3 is 10.4 Å². The van der Waals surface area contributed by atoms with Gasteiger partial charge in [0.1, 0.15) is 24.4 Å². The van der Waals surface area contributed by atoms with Crippen LogP contribution in [0.4, 0.5) is 0 Å². The first-order valence-corrected chi connectivity index (χ1v) is 26.6. The number of hydrogen-bond acceptors (Lipinski definition) is 10. The molecule has 1 fully saturated rings. The Labute approximate surface area is 378 Å². The molecule has 1 amide bonds. The van der Waals surface area contributed by atoms with Gasteiger partial charge in [0.15, 0.2) is 6.29 Å². The van der Waals surface area contributed by atoms with Gasteiger partial charge in [-0.05, 0) is 44.9 Å². The van der Waals surface area contributed by atoms with Gasteiger partial charge in [0, 0.05) is 6.42 Å². The van der Waals surface area contributed by atoms with Crippen LogP contribution in [0.15, 0.2) is 24.3 Å². The van der Waals surface area contributed by atoms with E-state index in [1.54, 1.807) is 6.08 Å². The highest BCUT2D eigenvalue weighted by molar-refractivity contribution is 7.80. The summed E-state index contributed by atoms with van der Waals surface area (Å²) in [7, 11) is -5.08. The van der Waals surface area contributed by atoms with Gasteiger partial charge < -0.3 is 35.2 Å². The molecule has 366 valence electrons. The molecule has 0 aromatic carbocycles. The Bertz CT molecular complexity index is 1200. The number of nitrogens with one attached hydrogen (secondary N) is 1. The van der Waals surface area contributed by atoms with Gasteiger partial charge in [0.25, 0.3) is 0 Å². The standard InChI is InChI=1S/C49H93NO11S/c1-3-5-7-9-11-13-15-17-18-19-20-21-22-23-24-25-27-29-31-33-35-37-39-45(53)50-42(43(52)38-36-34-32-30-28-26-16-14-12-10-8-6-4-2)41-59-49-47(55)48(61-62(56,57)58)46(54)44(40-51)60-49/h17-18,36,38,42-44,46-49,51-52,54-55H,3-16,19-35,37,39-41H2,1-2H3,(H,50,53)(H,56,57,58)/b18-17-,38-36-/t42?,43?,44-,46+,47-,48+,49-/m1/s1. The van der Waals surface area contributed by atoms with Crippen LogP contribution in [-0.4, -0.2) is 95.4 Å². The maximum atomic E-state index is 13.1. The molecule has 0 aromatic rings. The molecule has 0 spiro atoms. The summed E-state index contributed by atoms with van der Waals surface area (Å²) in [5.41, 5.74) is 0. The second-order valence-electron chi connectivity index (χ2n) is 17.8. The summed E-state index contributed by atoms with van der Waals surface area (Å²) in [4.78, 5) is 13.1. The largest absolute Gasteiger partial charge is 0.397 e. The molecule has 1 aliphatic rings. The zero-order chi connectivity index (χ0) is 45.5. The number of amides is 1. The first-order chi connectivity index (χ1) is 30.0. The molecule has 13 heteroatoms. The monoisotopic (exact) mass is 904 g/mol. The van der Waals surface area contributed by atoms with Crippen LogP contribution in [0.25, 0.3) is 0 Å². The first kappa shape index (κ1) is 58.6. The second kappa shape index (κ2) is 39.9. The van der Waals surface area contributed by atoms with E-state index >= 15 is 0 Å². The predicted octanol–water partition coefficient (Wildman–Crippen LogP) is 10.5. The second-order valence-corrected chi connectivity index (χ2v) is 18.8. The highest BCUT2D eigenvalue weighted by atomic mass is 32.3. The van der Waals surface area contributed by atoms with E-state index in [9.17, 15) is 38.2 Å². The minimum Gasteiger partial charge on any atom is -0.394 e. The maximum Gasteiger partial charge on any atom is 0.397 e. The molecule has 0 aliphatic carbocycles. The van der Waals surface area contributed by atoms with Crippen molar-refractivity contribution in [1.82, 2.24) is 5.32 Å². The predicted molar refractivity (Wildman–Crippen MR) is 250 cm³/mol. The topological polar surface area (TPSA) is 192 Å². The van der Waals surface area contributed by atoms with Crippen molar-refractivity contribution in [3.05, 3.63) is 24.3 Å². The summed E-state index contributed by atoms with van der Waals surface area (Å²) in [5, 5.41) is 44.7. The lowest BCUT2D eigenvalue weighted by Gasteiger charge is -2.41. The minimum atomic E-state index is -5.08. The number of allylic oxidation sites excluding steroid dienone is 3. The number of carbonyl (C=O) groups is 1. The fourth-order valence-electron chi connectivity index (χ4n) is 8.04. The van der Waals surface area contributed by atoms with Crippen molar-refractivity contribution >= 4 is 16.3 Å². The van der Waals surface area contributed by atoms with Gasteiger partial charge in [-0.3, -0.25) is 9.35 Å². The fraction of sp³-hybridized carbons (Fsp3) is 0.898. The van der Waals surface area contributed by atoms with Gasteiger partial charge in [0.05, 0.1) is 25.4 Å². The van der Waals surface area contributed by atoms with Crippen molar-refractivity contribution in [2.24, 2.45) is 0 Å². The van der Waals surface area contributed by atoms with Gasteiger partial charge in [-0.2, -0.15) is 8.42 Å². The molecule has 0 aromatic heterocycles. The van der Waals surface area contributed by atoms with Crippen molar-refractivity contribution in [3.8, 4) is 0 Å². The highest BCUT2D eigenvalue weighted by Crippen LogP contribution is 2.26. The van der Waals surface area contributed by atoms with E-state index in [1.807, 2.05) is 6.08 Å². The van der Waals surface area contributed by atoms with E-state index in [0.717, 1.165) is 38.5 Å². The highest BCUT2D eigenvalue weighted by Gasteiger charge is 2.48. The van der Waals surface area contributed by atoms with Gasteiger partial charge in [-0.25, -0.2) is 4.18 Å². The molecule has 62 heavy (non-hydrogen) atoms. The Morgan fingerprint density at radius 2 is 1.03 bits per heavy atom. The maximum absolute atomic E-state index is 13.1. The Morgan fingerprint density at radius 3 is 1.45 bits per heavy atom. The summed E-state index contributed by atoms with van der Waals surface area (Å²) in [6.07, 6.45) is 37.9. The SMILES string of the molecule is CCCCCCCC/C=C\CCCCCCCCCCCCCCC(=O)NC(CO[C@@H]1O[C@H](CO)[C@H](O)[C@H](OS(=O)(=O)O)[C@H]1O)C(O)/C=C\CCCCCCCCCCCCC. The van der Waals surface area contributed by atoms with Crippen LogP contribution in [0.2, 0.25) is 0 Å². The molecule has 1 saturated heterocycles. The molecule has 0 saturated carbocycles. The molecule has 12 nitrogen and oxygen atoms in total. The van der Waals surface area contributed by atoms with Gasteiger partial charge in [-0.15, -0.1) is 0 Å². The van der Waals surface area contributed by atoms with Crippen LogP contribution in [0.1, 0.15) is 226 Å². The number of ether oxygens (including phenoxy) is 2. The average molecular weight is 904 g/mol. The molecule has 0 bridgehead atoms. The molecule has 6 N–H and O–H groups in total. The summed E-state index contributed by atoms with van der Waals surface area (Å²) < 4.78 is 47.6. The normalized spacial score (nSPS) is 20.7. The van der Waals surface area contributed by atoms with Gasteiger partial charge in [-0.1, -0.05) is 199 Å². The fourth-order valence-corrected chi connectivity index (χ4v) is 8.55. The summed E-state index contributed by atoms with van der Waals surface area (Å²) in [5.74, 6) is -0.262.